The Balaban J connectivity index is 3.07. The number of carboxylic acid groups (broad SMARTS) is 1. The van der Waals surface area contributed by atoms with Crippen molar-refractivity contribution in [3.63, 3.8) is 0 Å². The van der Waals surface area contributed by atoms with Gasteiger partial charge in [0.25, 0.3) is 0 Å². The number of aromatic carboxylic acids is 1. The van der Waals surface area contributed by atoms with Gasteiger partial charge in [-0.15, -0.1) is 11.8 Å². The van der Waals surface area contributed by atoms with E-state index in [0.717, 1.165) is 5.56 Å². The van der Waals surface area contributed by atoms with Crippen molar-refractivity contribution in [2.24, 2.45) is 0 Å². The molecule has 0 aliphatic rings. The van der Waals surface area contributed by atoms with Crippen LogP contribution in [0.3, 0.4) is 0 Å². The van der Waals surface area contributed by atoms with Gasteiger partial charge in [0.05, 0.1) is 5.56 Å². The standard InChI is InChI=1S/C11H12O3S/c1-7(12)5-8-3-4-9(11(13)14)10(6-8)15-2/h3-4,6H,5H2,1-2H3,(H,13,14). The number of carbonyl (C=O) groups excluding carboxylic acids is 1. The van der Waals surface area contributed by atoms with Gasteiger partial charge in [-0.25, -0.2) is 4.79 Å². The quantitative estimate of drug-likeness (QED) is 0.797. The Kier molecular flexibility index (Phi) is 3.91. The van der Waals surface area contributed by atoms with Crippen molar-refractivity contribution >= 4 is 23.5 Å². The summed E-state index contributed by atoms with van der Waals surface area (Å²) in [5.74, 6) is -0.862. The third-order valence-corrected chi connectivity index (χ3v) is 2.73. The van der Waals surface area contributed by atoms with Crippen LogP contribution in [0.25, 0.3) is 0 Å². The van der Waals surface area contributed by atoms with E-state index in [4.69, 9.17) is 5.11 Å². The molecule has 0 aliphatic carbocycles. The Morgan fingerprint density at radius 3 is 2.53 bits per heavy atom. The zero-order valence-electron chi connectivity index (χ0n) is 8.61. The predicted molar refractivity (Wildman–Crippen MR) is 59.6 cm³/mol. The molecule has 1 rings (SSSR count). The van der Waals surface area contributed by atoms with Gasteiger partial charge in [-0.3, -0.25) is 4.79 Å². The van der Waals surface area contributed by atoms with E-state index in [2.05, 4.69) is 0 Å². The highest BCUT2D eigenvalue weighted by atomic mass is 32.2. The van der Waals surface area contributed by atoms with E-state index >= 15 is 0 Å². The number of carbonyl (C=O) groups is 2. The van der Waals surface area contributed by atoms with E-state index in [1.807, 2.05) is 6.26 Å². The monoisotopic (exact) mass is 224 g/mol. The first-order valence-electron chi connectivity index (χ1n) is 4.44. The molecule has 80 valence electrons. The van der Waals surface area contributed by atoms with Crippen LogP contribution in [0.4, 0.5) is 0 Å². The molecule has 0 spiro atoms. The number of benzene rings is 1. The molecule has 0 aliphatic heterocycles. The fourth-order valence-corrected chi connectivity index (χ4v) is 1.95. The summed E-state index contributed by atoms with van der Waals surface area (Å²) >= 11 is 1.37. The van der Waals surface area contributed by atoms with Crippen LogP contribution in [-0.4, -0.2) is 23.1 Å². The molecule has 0 amide bonds. The minimum absolute atomic E-state index is 0.0742. The van der Waals surface area contributed by atoms with Gasteiger partial charge in [0.2, 0.25) is 0 Å². The van der Waals surface area contributed by atoms with Crippen molar-refractivity contribution in [2.75, 3.05) is 6.26 Å². The van der Waals surface area contributed by atoms with Gasteiger partial charge in [-0.05, 0) is 30.9 Å². The average molecular weight is 224 g/mol. The molecule has 4 heteroatoms. The predicted octanol–water partition coefficient (Wildman–Crippen LogP) is 2.24. The van der Waals surface area contributed by atoms with E-state index in [-0.39, 0.29) is 11.3 Å². The van der Waals surface area contributed by atoms with Crippen molar-refractivity contribution in [3.05, 3.63) is 29.3 Å². The molecule has 0 radical (unpaired) electrons. The van der Waals surface area contributed by atoms with Crippen LogP contribution in [0.15, 0.2) is 23.1 Å². The maximum Gasteiger partial charge on any atom is 0.336 e. The Bertz CT molecular complexity index is 399. The van der Waals surface area contributed by atoms with Crippen LogP contribution < -0.4 is 0 Å². The molecule has 1 aromatic rings. The van der Waals surface area contributed by atoms with Crippen molar-refractivity contribution in [1.29, 1.82) is 0 Å². The summed E-state index contributed by atoms with van der Waals surface area (Å²) in [5.41, 5.74) is 1.15. The first-order chi connectivity index (χ1) is 7.04. The average Bonchev–Trinajstić information content (AvgIpc) is 2.16. The first kappa shape index (κ1) is 11.8. The summed E-state index contributed by atoms with van der Waals surface area (Å²) in [7, 11) is 0. The number of thioether (sulfide) groups is 1. The Labute approximate surface area is 92.5 Å². The molecule has 1 aromatic carbocycles. The second kappa shape index (κ2) is 4.98. The summed E-state index contributed by atoms with van der Waals surface area (Å²) in [6.45, 7) is 1.52. The maximum absolute atomic E-state index is 10.9. The lowest BCUT2D eigenvalue weighted by atomic mass is 10.1. The second-order valence-corrected chi connectivity index (χ2v) is 4.07. The Morgan fingerprint density at radius 2 is 2.07 bits per heavy atom. The third-order valence-electron chi connectivity index (χ3n) is 1.95. The highest BCUT2D eigenvalue weighted by molar-refractivity contribution is 7.98. The maximum atomic E-state index is 10.9. The van der Waals surface area contributed by atoms with Gasteiger partial charge in [0.1, 0.15) is 5.78 Å². The number of ketones is 1. The molecule has 0 fully saturated rings. The fraction of sp³-hybridized carbons (Fsp3) is 0.273. The van der Waals surface area contributed by atoms with Crippen LogP contribution in [0.2, 0.25) is 0 Å². The molecule has 0 saturated heterocycles. The largest absolute Gasteiger partial charge is 0.478 e. The second-order valence-electron chi connectivity index (χ2n) is 3.22. The van der Waals surface area contributed by atoms with Gasteiger partial charge >= 0.3 is 5.97 Å². The summed E-state index contributed by atoms with van der Waals surface area (Å²) < 4.78 is 0. The SMILES string of the molecule is CSc1cc(CC(C)=O)ccc1C(=O)O. The topological polar surface area (TPSA) is 54.4 Å². The lowest BCUT2D eigenvalue weighted by molar-refractivity contribution is -0.116. The number of rotatable bonds is 4. The summed E-state index contributed by atoms with van der Waals surface area (Å²) in [6, 6.07) is 4.99. The number of carboxylic acids is 1. The van der Waals surface area contributed by atoms with E-state index in [1.165, 1.54) is 18.7 Å². The van der Waals surface area contributed by atoms with Gasteiger partial charge in [0.15, 0.2) is 0 Å². The Morgan fingerprint density at radius 1 is 1.40 bits per heavy atom. The normalized spacial score (nSPS) is 10.0. The third kappa shape index (κ3) is 3.09. The number of hydrogen-bond acceptors (Lipinski definition) is 3. The van der Waals surface area contributed by atoms with Crippen LogP contribution >= 0.6 is 11.8 Å². The summed E-state index contributed by atoms with van der Waals surface area (Å²) in [6.07, 6.45) is 2.17. The van der Waals surface area contributed by atoms with E-state index in [1.54, 1.807) is 18.2 Å². The molecular formula is C11H12O3S. The van der Waals surface area contributed by atoms with Crippen LogP contribution in [0, 0.1) is 0 Å². The molecule has 0 aromatic heterocycles. The van der Waals surface area contributed by atoms with Crippen molar-refractivity contribution in [2.45, 2.75) is 18.2 Å². The Hall–Kier alpha value is -1.29. The zero-order chi connectivity index (χ0) is 11.4. The lowest BCUT2D eigenvalue weighted by Gasteiger charge is -2.05. The fourth-order valence-electron chi connectivity index (χ4n) is 1.31. The van der Waals surface area contributed by atoms with Crippen LogP contribution in [0.5, 0.6) is 0 Å². The van der Waals surface area contributed by atoms with Crippen molar-refractivity contribution in [3.8, 4) is 0 Å². The molecule has 15 heavy (non-hydrogen) atoms. The molecule has 0 heterocycles. The smallest absolute Gasteiger partial charge is 0.336 e. The summed E-state index contributed by atoms with van der Waals surface area (Å²) in [4.78, 5) is 22.4. The molecule has 0 saturated carbocycles. The zero-order valence-corrected chi connectivity index (χ0v) is 9.43. The minimum atomic E-state index is -0.936. The lowest BCUT2D eigenvalue weighted by Crippen LogP contribution is -2.01. The molecule has 1 N–H and O–H groups in total. The van der Waals surface area contributed by atoms with Crippen LogP contribution in [-0.2, 0) is 11.2 Å². The summed E-state index contributed by atoms with van der Waals surface area (Å²) in [5, 5.41) is 8.89. The van der Waals surface area contributed by atoms with Gasteiger partial charge < -0.3 is 5.11 Å². The van der Waals surface area contributed by atoms with Gasteiger partial charge in [0, 0.05) is 11.3 Å². The number of hydrogen-bond donors (Lipinski definition) is 1. The van der Waals surface area contributed by atoms with Crippen molar-refractivity contribution in [1.82, 2.24) is 0 Å². The van der Waals surface area contributed by atoms with Gasteiger partial charge in [-0.2, -0.15) is 0 Å². The van der Waals surface area contributed by atoms with Crippen molar-refractivity contribution < 1.29 is 14.7 Å². The minimum Gasteiger partial charge on any atom is -0.478 e. The van der Waals surface area contributed by atoms with Crippen LogP contribution in [0.1, 0.15) is 22.8 Å². The van der Waals surface area contributed by atoms with E-state index in [9.17, 15) is 9.59 Å². The highest BCUT2D eigenvalue weighted by Crippen LogP contribution is 2.22. The van der Waals surface area contributed by atoms with E-state index in [0.29, 0.717) is 11.3 Å². The molecule has 0 unspecified atom stereocenters. The number of Topliss-reactive ketones (excluding diaryl/α,β-unsaturated/α-hetero) is 1. The highest BCUT2D eigenvalue weighted by Gasteiger charge is 2.10. The molecule has 3 nitrogen and oxygen atoms in total. The molecule has 0 bridgehead atoms. The van der Waals surface area contributed by atoms with E-state index < -0.39 is 5.97 Å². The van der Waals surface area contributed by atoms with Gasteiger partial charge in [-0.1, -0.05) is 6.07 Å². The molecular weight excluding hydrogens is 212 g/mol. The molecule has 0 atom stereocenters. The first-order valence-corrected chi connectivity index (χ1v) is 5.66.